The molecular weight excluding hydrogens is 326 g/mol. The Balaban J connectivity index is 1.81. The number of benzene rings is 2. The average molecular weight is 342 g/mol. The van der Waals surface area contributed by atoms with Crippen LogP contribution in [0.3, 0.4) is 0 Å². The number of rotatable bonds is 3. The van der Waals surface area contributed by atoms with E-state index >= 15 is 0 Å². The predicted octanol–water partition coefficient (Wildman–Crippen LogP) is 3.87. The first-order valence-corrected chi connectivity index (χ1v) is 7.76. The third-order valence-electron chi connectivity index (χ3n) is 4.05. The van der Waals surface area contributed by atoms with Gasteiger partial charge in [-0.05, 0) is 29.3 Å². The van der Waals surface area contributed by atoms with E-state index in [0.717, 1.165) is 23.3 Å². The van der Waals surface area contributed by atoms with Crippen LogP contribution in [0.4, 0.5) is 14.5 Å². The lowest BCUT2D eigenvalue weighted by atomic mass is 9.93. The highest BCUT2D eigenvalue weighted by Crippen LogP contribution is 2.33. The van der Waals surface area contributed by atoms with Crippen molar-refractivity contribution in [1.82, 2.24) is 4.90 Å². The molecule has 1 unspecified atom stereocenters. The van der Waals surface area contributed by atoms with Gasteiger partial charge in [-0.3, -0.25) is 9.59 Å². The van der Waals surface area contributed by atoms with Crippen LogP contribution >= 0.6 is 0 Å². The molecule has 2 amide bonds. The van der Waals surface area contributed by atoms with Crippen LogP contribution in [0.15, 0.2) is 48.7 Å². The zero-order valence-corrected chi connectivity index (χ0v) is 13.5. The summed E-state index contributed by atoms with van der Waals surface area (Å²) in [6, 6.07) is 10.2. The summed E-state index contributed by atoms with van der Waals surface area (Å²) < 4.78 is 26.2. The van der Waals surface area contributed by atoms with Crippen LogP contribution in [0.25, 0.3) is 6.08 Å². The molecule has 2 aromatic carbocycles. The van der Waals surface area contributed by atoms with Gasteiger partial charge in [0.25, 0.3) is 0 Å². The van der Waals surface area contributed by atoms with Crippen LogP contribution < -0.4 is 5.32 Å². The Hall–Kier alpha value is -3.02. The number of hydrogen-bond acceptors (Lipinski definition) is 2. The number of carbonyl (C=O) groups is 2. The number of nitrogens with one attached hydrogen (secondary N) is 1. The van der Waals surface area contributed by atoms with Gasteiger partial charge in [0.2, 0.25) is 11.8 Å². The third kappa shape index (κ3) is 3.57. The maximum atomic E-state index is 13.3. The van der Waals surface area contributed by atoms with E-state index in [1.54, 1.807) is 6.20 Å². The molecule has 1 N–H and O–H groups in total. The molecule has 0 bridgehead atoms. The smallest absolute Gasteiger partial charge is 0.226 e. The van der Waals surface area contributed by atoms with E-state index in [0.29, 0.717) is 0 Å². The van der Waals surface area contributed by atoms with Gasteiger partial charge in [-0.2, -0.15) is 0 Å². The number of halogens is 2. The Morgan fingerprint density at radius 2 is 1.88 bits per heavy atom. The SMILES string of the molecule is CC(=O)N1C=Cc2ccccc2C1CC(=O)Nc1ccc(F)c(F)c1. The molecule has 4 nitrogen and oxygen atoms in total. The molecule has 25 heavy (non-hydrogen) atoms. The van der Waals surface area contributed by atoms with Crippen LogP contribution in [-0.4, -0.2) is 16.7 Å². The van der Waals surface area contributed by atoms with E-state index < -0.39 is 23.6 Å². The second-order valence-electron chi connectivity index (χ2n) is 5.77. The van der Waals surface area contributed by atoms with E-state index in [1.807, 2.05) is 30.3 Å². The van der Waals surface area contributed by atoms with Crippen LogP contribution in [0, 0.1) is 11.6 Å². The minimum atomic E-state index is -1.03. The Morgan fingerprint density at radius 3 is 2.60 bits per heavy atom. The zero-order valence-electron chi connectivity index (χ0n) is 13.5. The minimum absolute atomic E-state index is 0.0000706. The van der Waals surface area contributed by atoms with E-state index in [-0.39, 0.29) is 18.0 Å². The standard InChI is InChI=1S/C19H16F2N2O2/c1-12(24)23-9-8-13-4-2-3-5-15(13)18(23)11-19(25)22-14-6-7-16(20)17(21)10-14/h2-10,18H,11H2,1H3,(H,22,25). The number of amides is 2. The van der Waals surface area contributed by atoms with Gasteiger partial charge in [0.05, 0.1) is 12.5 Å². The molecule has 0 fully saturated rings. The lowest BCUT2D eigenvalue weighted by Gasteiger charge is -2.32. The van der Waals surface area contributed by atoms with Gasteiger partial charge in [-0.1, -0.05) is 24.3 Å². The average Bonchev–Trinajstić information content (AvgIpc) is 2.58. The summed E-state index contributed by atoms with van der Waals surface area (Å²) in [5, 5.41) is 2.54. The summed E-state index contributed by atoms with van der Waals surface area (Å²) in [6.07, 6.45) is 3.47. The van der Waals surface area contributed by atoms with Crippen molar-refractivity contribution < 1.29 is 18.4 Å². The number of nitrogens with zero attached hydrogens (tertiary/aromatic N) is 1. The molecule has 0 spiro atoms. The Morgan fingerprint density at radius 1 is 1.12 bits per heavy atom. The lowest BCUT2D eigenvalue weighted by molar-refractivity contribution is -0.129. The maximum absolute atomic E-state index is 13.3. The minimum Gasteiger partial charge on any atom is -0.326 e. The fourth-order valence-corrected chi connectivity index (χ4v) is 2.87. The maximum Gasteiger partial charge on any atom is 0.226 e. The van der Waals surface area contributed by atoms with Crippen molar-refractivity contribution in [2.24, 2.45) is 0 Å². The molecule has 2 aromatic rings. The number of carbonyl (C=O) groups excluding carboxylic acids is 2. The lowest BCUT2D eigenvalue weighted by Crippen LogP contribution is -2.33. The summed E-state index contributed by atoms with van der Waals surface area (Å²) in [7, 11) is 0. The van der Waals surface area contributed by atoms with Crippen molar-refractivity contribution in [1.29, 1.82) is 0 Å². The number of fused-ring (bicyclic) bond motifs is 1. The predicted molar refractivity (Wildman–Crippen MR) is 90.3 cm³/mol. The van der Waals surface area contributed by atoms with Gasteiger partial charge >= 0.3 is 0 Å². The van der Waals surface area contributed by atoms with Gasteiger partial charge in [-0.25, -0.2) is 8.78 Å². The zero-order chi connectivity index (χ0) is 18.0. The molecule has 6 heteroatoms. The van der Waals surface area contributed by atoms with Crippen molar-refractivity contribution in [2.45, 2.75) is 19.4 Å². The summed E-state index contributed by atoms with van der Waals surface area (Å²) in [5.74, 6) is -2.59. The highest BCUT2D eigenvalue weighted by molar-refractivity contribution is 5.92. The molecule has 0 aromatic heterocycles. The van der Waals surface area contributed by atoms with Crippen molar-refractivity contribution in [3.8, 4) is 0 Å². The summed E-state index contributed by atoms with van der Waals surface area (Å²) >= 11 is 0. The summed E-state index contributed by atoms with van der Waals surface area (Å²) in [4.78, 5) is 25.8. The molecule has 0 aliphatic carbocycles. The normalized spacial score (nSPS) is 15.6. The Bertz CT molecular complexity index is 864. The van der Waals surface area contributed by atoms with Gasteiger partial charge in [-0.15, -0.1) is 0 Å². The molecule has 1 aliphatic heterocycles. The summed E-state index contributed by atoms with van der Waals surface area (Å²) in [5.41, 5.74) is 1.96. The van der Waals surface area contributed by atoms with Gasteiger partial charge in [0.15, 0.2) is 11.6 Å². The van der Waals surface area contributed by atoms with Crippen LogP contribution in [0.2, 0.25) is 0 Å². The fraction of sp³-hybridized carbons (Fsp3) is 0.158. The van der Waals surface area contributed by atoms with E-state index in [1.165, 1.54) is 17.9 Å². The van der Waals surface area contributed by atoms with Crippen molar-refractivity contribution in [3.05, 3.63) is 71.4 Å². The molecule has 1 heterocycles. The Kier molecular flexibility index (Phi) is 4.61. The molecule has 0 saturated carbocycles. The number of hydrogen-bond donors (Lipinski definition) is 1. The third-order valence-corrected chi connectivity index (χ3v) is 4.05. The molecule has 3 rings (SSSR count). The molecular formula is C19H16F2N2O2. The van der Waals surface area contributed by atoms with E-state index in [4.69, 9.17) is 0 Å². The van der Waals surface area contributed by atoms with Crippen LogP contribution in [0.1, 0.15) is 30.5 Å². The van der Waals surface area contributed by atoms with Gasteiger partial charge in [0.1, 0.15) is 0 Å². The van der Waals surface area contributed by atoms with Gasteiger partial charge < -0.3 is 10.2 Å². The highest BCUT2D eigenvalue weighted by atomic mass is 19.2. The van der Waals surface area contributed by atoms with E-state index in [2.05, 4.69) is 5.32 Å². The second kappa shape index (κ2) is 6.84. The highest BCUT2D eigenvalue weighted by Gasteiger charge is 2.28. The fourth-order valence-electron chi connectivity index (χ4n) is 2.87. The Labute approximate surface area is 143 Å². The molecule has 0 saturated heterocycles. The first kappa shape index (κ1) is 16.8. The quantitative estimate of drug-likeness (QED) is 0.921. The molecule has 1 aliphatic rings. The van der Waals surface area contributed by atoms with Crippen molar-refractivity contribution in [3.63, 3.8) is 0 Å². The second-order valence-corrected chi connectivity index (χ2v) is 5.77. The van der Waals surface area contributed by atoms with Crippen molar-refractivity contribution in [2.75, 3.05) is 5.32 Å². The first-order chi connectivity index (χ1) is 12.0. The monoisotopic (exact) mass is 342 g/mol. The van der Waals surface area contributed by atoms with Crippen LogP contribution in [-0.2, 0) is 9.59 Å². The molecule has 1 atom stereocenters. The first-order valence-electron chi connectivity index (χ1n) is 7.76. The summed E-state index contributed by atoms with van der Waals surface area (Å²) in [6.45, 7) is 1.43. The van der Waals surface area contributed by atoms with Crippen molar-refractivity contribution >= 4 is 23.6 Å². The number of anilines is 1. The topological polar surface area (TPSA) is 49.4 Å². The largest absolute Gasteiger partial charge is 0.326 e. The van der Waals surface area contributed by atoms with E-state index in [9.17, 15) is 18.4 Å². The molecule has 0 radical (unpaired) electrons. The van der Waals surface area contributed by atoms with Crippen LogP contribution in [0.5, 0.6) is 0 Å². The molecule has 128 valence electrons. The van der Waals surface area contributed by atoms with Gasteiger partial charge in [0, 0.05) is 24.9 Å².